The molecule has 2 aromatic heterocycles. The first-order chi connectivity index (χ1) is 10.5. The Bertz CT molecular complexity index is 777. The zero-order chi connectivity index (χ0) is 15.7. The molecule has 0 bridgehead atoms. The van der Waals surface area contributed by atoms with Gasteiger partial charge in [-0.25, -0.2) is 5.10 Å². The van der Waals surface area contributed by atoms with Crippen LogP contribution in [0, 0.1) is 0 Å². The number of carbonyl (C=O) groups is 1. The molecule has 22 heavy (non-hydrogen) atoms. The maximum Gasteiger partial charge on any atom is 0.267 e. The number of carbonyl (C=O) groups excluding carboxylic acids is 1. The van der Waals surface area contributed by atoms with Crippen molar-refractivity contribution in [2.75, 3.05) is 5.32 Å². The number of aromatic hydroxyl groups is 1. The fourth-order valence-corrected chi connectivity index (χ4v) is 2.76. The van der Waals surface area contributed by atoms with Gasteiger partial charge in [0, 0.05) is 12.6 Å². The molecule has 1 aliphatic rings. The zero-order valence-electron chi connectivity index (χ0n) is 12.2. The van der Waals surface area contributed by atoms with E-state index in [0.717, 1.165) is 36.8 Å². The average Bonchev–Trinajstić information content (AvgIpc) is 2.80. The average molecular weight is 303 g/mol. The molecule has 0 saturated heterocycles. The van der Waals surface area contributed by atoms with Crippen LogP contribution in [0.15, 0.2) is 11.0 Å². The van der Waals surface area contributed by atoms with Gasteiger partial charge in [-0.3, -0.25) is 14.9 Å². The highest BCUT2D eigenvalue weighted by Gasteiger charge is 2.20. The molecule has 0 spiro atoms. The molecular formula is C14H17N5O3. The second kappa shape index (κ2) is 5.63. The van der Waals surface area contributed by atoms with Crippen molar-refractivity contribution in [2.24, 2.45) is 7.05 Å². The Labute approximate surface area is 126 Å². The number of hydrogen-bond acceptors (Lipinski definition) is 5. The Morgan fingerprint density at radius 1 is 1.41 bits per heavy atom. The minimum atomic E-state index is -0.291. The maximum absolute atomic E-state index is 12.1. The van der Waals surface area contributed by atoms with E-state index in [1.54, 1.807) is 7.05 Å². The van der Waals surface area contributed by atoms with Gasteiger partial charge in [-0.05, 0) is 31.2 Å². The molecule has 1 aliphatic carbocycles. The number of aromatic nitrogens is 4. The van der Waals surface area contributed by atoms with Crippen molar-refractivity contribution in [1.29, 1.82) is 0 Å². The van der Waals surface area contributed by atoms with E-state index < -0.39 is 0 Å². The van der Waals surface area contributed by atoms with Crippen LogP contribution in [0.4, 0.5) is 5.95 Å². The number of imidazole rings is 1. The van der Waals surface area contributed by atoms with E-state index >= 15 is 0 Å². The van der Waals surface area contributed by atoms with Crippen LogP contribution in [0.25, 0.3) is 0 Å². The van der Waals surface area contributed by atoms with Gasteiger partial charge >= 0.3 is 0 Å². The molecule has 0 aliphatic heterocycles. The molecule has 2 heterocycles. The van der Waals surface area contributed by atoms with Gasteiger partial charge < -0.3 is 9.67 Å². The lowest BCUT2D eigenvalue weighted by molar-refractivity contribution is -0.115. The first-order valence-corrected chi connectivity index (χ1v) is 7.16. The largest absolute Gasteiger partial charge is 0.492 e. The second-order valence-corrected chi connectivity index (χ2v) is 5.42. The SMILES string of the molecule is Cn1cc(O)nc1NC(=O)Cc1n[nH]c(=O)c2c1CCCC2. The molecule has 1 amide bonds. The third kappa shape index (κ3) is 2.72. The first kappa shape index (κ1) is 14.3. The molecule has 8 nitrogen and oxygen atoms in total. The molecule has 8 heteroatoms. The van der Waals surface area contributed by atoms with Crippen LogP contribution in [-0.2, 0) is 31.1 Å². The highest BCUT2D eigenvalue weighted by atomic mass is 16.3. The van der Waals surface area contributed by atoms with Gasteiger partial charge in [0.1, 0.15) is 0 Å². The van der Waals surface area contributed by atoms with Crippen LogP contribution in [-0.4, -0.2) is 30.8 Å². The van der Waals surface area contributed by atoms with Gasteiger partial charge in [0.05, 0.1) is 18.3 Å². The Hall–Kier alpha value is -2.64. The number of aromatic amines is 1. The van der Waals surface area contributed by atoms with E-state index in [1.165, 1.54) is 10.8 Å². The van der Waals surface area contributed by atoms with Crippen molar-refractivity contribution in [2.45, 2.75) is 32.1 Å². The quantitative estimate of drug-likeness (QED) is 0.753. The summed E-state index contributed by atoms with van der Waals surface area (Å²) in [5.41, 5.74) is 2.09. The van der Waals surface area contributed by atoms with Crippen LogP contribution in [0.2, 0.25) is 0 Å². The Balaban J connectivity index is 1.80. The highest BCUT2D eigenvalue weighted by molar-refractivity contribution is 5.90. The van der Waals surface area contributed by atoms with E-state index in [-0.39, 0.29) is 29.7 Å². The lowest BCUT2D eigenvalue weighted by atomic mass is 9.91. The monoisotopic (exact) mass is 303 g/mol. The number of H-pyrrole nitrogens is 1. The van der Waals surface area contributed by atoms with Crippen molar-refractivity contribution >= 4 is 11.9 Å². The molecule has 3 N–H and O–H groups in total. The number of anilines is 1. The van der Waals surface area contributed by atoms with Crippen molar-refractivity contribution in [1.82, 2.24) is 19.7 Å². The normalized spacial score (nSPS) is 13.7. The fraction of sp³-hybridized carbons (Fsp3) is 0.429. The summed E-state index contributed by atoms with van der Waals surface area (Å²) in [6.45, 7) is 0. The van der Waals surface area contributed by atoms with Gasteiger partial charge in [0.2, 0.25) is 17.7 Å². The summed E-state index contributed by atoms with van der Waals surface area (Å²) in [5, 5.41) is 18.4. The Kier molecular flexibility index (Phi) is 3.66. The number of aryl methyl sites for hydroxylation is 1. The maximum atomic E-state index is 12.1. The van der Waals surface area contributed by atoms with Gasteiger partial charge in [-0.2, -0.15) is 10.1 Å². The summed E-state index contributed by atoms with van der Waals surface area (Å²) in [5.74, 6) is -0.181. The Morgan fingerprint density at radius 3 is 2.82 bits per heavy atom. The third-order valence-corrected chi connectivity index (χ3v) is 3.83. The van der Waals surface area contributed by atoms with Crippen LogP contribution >= 0.6 is 0 Å². The number of amides is 1. The summed E-state index contributed by atoms with van der Waals surface area (Å²) in [6, 6.07) is 0. The summed E-state index contributed by atoms with van der Waals surface area (Å²) >= 11 is 0. The van der Waals surface area contributed by atoms with E-state index in [2.05, 4.69) is 20.5 Å². The minimum absolute atomic E-state index is 0.0622. The van der Waals surface area contributed by atoms with Crippen molar-refractivity contribution < 1.29 is 9.90 Å². The zero-order valence-corrected chi connectivity index (χ0v) is 12.2. The lowest BCUT2D eigenvalue weighted by Gasteiger charge is -2.17. The lowest BCUT2D eigenvalue weighted by Crippen LogP contribution is -2.25. The molecule has 0 aromatic carbocycles. The van der Waals surface area contributed by atoms with Gasteiger partial charge in [-0.1, -0.05) is 0 Å². The topological polar surface area (TPSA) is 113 Å². The fourth-order valence-electron chi connectivity index (χ4n) is 2.76. The molecule has 0 unspecified atom stereocenters. The van der Waals surface area contributed by atoms with Crippen LogP contribution in [0.1, 0.15) is 29.7 Å². The van der Waals surface area contributed by atoms with Crippen LogP contribution < -0.4 is 10.9 Å². The van der Waals surface area contributed by atoms with Crippen molar-refractivity contribution in [3.8, 4) is 5.88 Å². The molecule has 116 valence electrons. The summed E-state index contributed by atoms with van der Waals surface area (Å²) in [4.78, 5) is 27.7. The standard InChI is InChI=1S/C14H17N5O3/c1-19-7-12(21)16-14(19)15-11(20)6-10-8-4-2-3-5-9(8)13(22)18-17-10/h7,21H,2-6H2,1H3,(H,18,22)(H,15,16,20). The summed E-state index contributed by atoms with van der Waals surface area (Å²) in [7, 11) is 1.67. The molecular weight excluding hydrogens is 286 g/mol. The predicted octanol–water partition coefficient (Wildman–Crippen LogP) is 0.269. The van der Waals surface area contributed by atoms with Crippen LogP contribution in [0.3, 0.4) is 0 Å². The summed E-state index contributed by atoms with van der Waals surface area (Å²) < 4.78 is 1.52. The van der Waals surface area contributed by atoms with Crippen LogP contribution in [0.5, 0.6) is 5.88 Å². The van der Waals surface area contributed by atoms with Crippen molar-refractivity contribution in [3.05, 3.63) is 33.4 Å². The molecule has 0 saturated carbocycles. The van der Waals surface area contributed by atoms with E-state index in [0.29, 0.717) is 5.69 Å². The van der Waals surface area contributed by atoms with Gasteiger partial charge in [0.25, 0.3) is 5.56 Å². The number of rotatable bonds is 3. The molecule has 0 atom stereocenters. The molecule has 0 fully saturated rings. The number of hydrogen-bond donors (Lipinski definition) is 3. The number of nitrogens with one attached hydrogen (secondary N) is 2. The Morgan fingerprint density at radius 2 is 2.14 bits per heavy atom. The highest BCUT2D eigenvalue weighted by Crippen LogP contribution is 2.20. The van der Waals surface area contributed by atoms with E-state index in [1.807, 2.05) is 0 Å². The smallest absolute Gasteiger partial charge is 0.267 e. The molecule has 3 rings (SSSR count). The first-order valence-electron chi connectivity index (χ1n) is 7.16. The van der Waals surface area contributed by atoms with Crippen molar-refractivity contribution in [3.63, 3.8) is 0 Å². The minimum Gasteiger partial charge on any atom is -0.492 e. The predicted molar refractivity (Wildman–Crippen MR) is 78.7 cm³/mol. The summed E-state index contributed by atoms with van der Waals surface area (Å²) in [6.07, 6.45) is 4.95. The molecule has 0 radical (unpaired) electrons. The van der Waals surface area contributed by atoms with Gasteiger partial charge in [0.15, 0.2) is 0 Å². The van der Waals surface area contributed by atoms with E-state index in [4.69, 9.17) is 0 Å². The number of nitrogens with zero attached hydrogens (tertiary/aromatic N) is 3. The molecule has 2 aromatic rings. The number of fused-ring (bicyclic) bond motifs is 1. The van der Waals surface area contributed by atoms with Gasteiger partial charge in [-0.15, -0.1) is 0 Å². The second-order valence-electron chi connectivity index (χ2n) is 5.42. The third-order valence-electron chi connectivity index (χ3n) is 3.83. The van der Waals surface area contributed by atoms with E-state index in [9.17, 15) is 14.7 Å².